The van der Waals surface area contributed by atoms with Crippen molar-refractivity contribution in [2.75, 3.05) is 10.6 Å². The average molecular weight is 294 g/mol. The Morgan fingerprint density at radius 2 is 1.77 bits per heavy atom. The highest BCUT2D eigenvalue weighted by Gasteiger charge is 2.05. The summed E-state index contributed by atoms with van der Waals surface area (Å²) in [5, 5.41) is 6.07. The van der Waals surface area contributed by atoms with Crippen molar-refractivity contribution < 1.29 is 4.39 Å². The molecule has 1 heterocycles. The van der Waals surface area contributed by atoms with Gasteiger partial charge in [-0.2, -0.15) is 4.98 Å². The zero-order valence-electron chi connectivity index (χ0n) is 12.0. The summed E-state index contributed by atoms with van der Waals surface area (Å²) < 4.78 is 13.8. The van der Waals surface area contributed by atoms with Crippen LogP contribution in [-0.2, 0) is 0 Å². The third kappa shape index (κ3) is 3.38. The summed E-state index contributed by atoms with van der Waals surface area (Å²) in [6, 6.07) is 16.2. The Kier molecular flexibility index (Phi) is 3.96. The third-order valence-electron chi connectivity index (χ3n) is 3.07. The zero-order chi connectivity index (χ0) is 15.4. The van der Waals surface area contributed by atoms with Gasteiger partial charge in [0.1, 0.15) is 11.6 Å². The average Bonchev–Trinajstić information content (AvgIpc) is 2.52. The molecule has 0 unspecified atom stereocenters. The van der Waals surface area contributed by atoms with Gasteiger partial charge in [0, 0.05) is 11.9 Å². The van der Waals surface area contributed by atoms with Gasteiger partial charge in [0.15, 0.2) is 0 Å². The molecule has 0 bridgehead atoms. The van der Waals surface area contributed by atoms with Crippen molar-refractivity contribution >= 4 is 23.1 Å². The Labute approximate surface area is 128 Å². The number of nitrogens with zero attached hydrogens (tertiary/aromatic N) is 2. The van der Waals surface area contributed by atoms with Crippen LogP contribution in [0.2, 0.25) is 0 Å². The molecule has 3 rings (SSSR count). The summed E-state index contributed by atoms with van der Waals surface area (Å²) in [4.78, 5) is 8.49. The van der Waals surface area contributed by atoms with Gasteiger partial charge in [-0.3, -0.25) is 0 Å². The highest BCUT2D eigenvalue weighted by molar-refractivity contribution is 5.60. The Bertz CT molecular complexity index is 775. The molecular weight excluding hydrogens is 279 g/mol. The van der Waals surface area contributed by atoms with Crippen LogP contribution in [0, 0.1) is 12.7 Å². The predicted molar refractivity (Wildman–Crippen MR) is 86.2 cm³/mol. The minimum Gasteiger partial charge on any atom is -0.338 e. The number of para-hydroxylation sites is 1. The van der Waals surface area contributed by atoms with Crippen molar-refractivity contribution in [1.82, 2.24) is 9.97 Å². The van der Waals surface area contributed by atoms with Gasteiger partial charge < -0.3 is 10.6 Å². The fourth-order valence-electron chi connectivity index (χ4n) is 2.01. The monoisotopic (exact) mass is 294 g/mol. The molecule has 4 nitrogen and oxygen atoms in total. The molecule has 0 aliphatic rings. The quantitative estimate of drug-likeness (QED) is 0.748. The molecule has 0 atom stereocenters. The molecule has 0 aliphatic heterocycles. The zero-order valence-corrected chi connectivity index (χ0v) is 12.0. The Balaban J connectivity index is 1.81. The van der Waals surface area contributed by atoms with E-state index in [1.54, 1.807) is 24.4 Å². The fraction of sp³-hybridized carbons (Fsp3) is 0.0588. The van der Waals surface area contributed by atoms with Crippen molar-refractivity contribution in [1.29, 1.82) is 0 Å². The minimum absolute atomic E-state index is 0.318. The molecule has 0 saturated heterocycles. The summed E-state index contributed by atoms with van der Waals surface area (Å²) in [7, 11) is 0. The molecule has 1 aromatic heterocycles. The maximum absolute atomic E-state index is 13.8. The number of halogens is 1. The van der Waals surface area contributed by atoms with Crippen molar-refractivity contribution in [3.05, 3.63) is 72.2 Å². The van der Waals surface area contributed by atoms with E-state index < -0.39 is 0 Å². The van der Waals surface area contributed by atoms with Crippen molar-refractivity contribution in [2.24, 2.45) is 0 Å². The van der Waals surface area contributed by atoms with Gasteiger partial charge in [0.25, 0.3) is 0 Å². The van der Waals surface area contributed by atoms with Crippen LogP contribution >= 0.6 is 0 Å². The number of aromatic nitrogens is 2. The molecule has 3 aromatic rings. The molecule has 0 spiro atoms. The summed E-state index contributed by atoms with van der Waals surface area (Å²) >= 11 is 0. The molecule has 0 radical (unpaired) electrons. The summed E-state index contributed by atoms with van der Waals surface area (Å²) in [6.45, 7) is 1.91. The summed E-state index contributed by atoms with van der Waals surface area (Å²) in [6.07, 6.45) is 1.62. The van der Waals surface area contributed by atoms with Gasteiger partial charge >= 0.3 is 0 Å². The van der Waals surface area contributed by atoms with E-state index in [0.29, 0.717) is 17.5 Å². The van der Waals surface area contributed by atoms with Crippen LogP contribution in [0.3, 0.4) is 0 Å². The van der Waals surface area contributed by atoms with Crippen molar-refractivity contribution in [2.45, 2.75) is 6.92 Å². The minimum atomic E-state index is -0.318. The van der Waals surface area contributed by atoms with Gasteiger partial charge in [-0.1, -0.05) is 24.3 Å². The van der Waals surface area contributed by atoms with E-state index in [-0.39, 0.29) is 5.82 Å². The second-order valence-electron chi connectivity index (χ2n) is 4.86. The molecule has 22 heavy (non-hydrogen) atoms. The maximum atomic E-state index is 13.8. The predicted octanol–water partition coefficient (Wildman–Crippen LogP) is 4.41. The van der Waals surface area contributed by atoms with Gasteiger partial charge in [-0.05, 0) is 42.8 Å². The first-order chi connectivity index (χ1) is 10.7. The number of benzene rings is 2. The standard InChI is InChI=1S/C17H15FN4/c1-12-7-8-14(18)15(11-12)21-16-9-10-19-17(22-16)20-13-5-3-2-4-6-13/h2-11H,1H3,(H2,19,20,21,22). The number of anilines is 4. The molecule has 2 N–H and O–H groups in total. The molecule has 2 aromatic carbocycles. The first-order valence-corrected chi connectivity index (χ1v) is 6.89. The normalized spacial score (nSPS) is 10.3. The van der Waals surface area contributed by atoms with Crippen LogP contribution in [-0.4, -0.2) is 9.97 Å². The maximum Gasteiger partial charge on any atom is 0.229 e. The lowest BCUT2D eigenvalue weighted by molar-refractivity contribution is 0.631. The van der Waals surface area contributed by atoms with E-state index in [9.17, 15) is 4.39 Å². The van der Waals surface area contributed by atoms with E-state index in [1.807, 2.05) is 37.3 Å². The number of hydrogen-bond acceptors (Lipinski definition) is 4. The summed E-state index contributed by atoms with van der Waals surface area (Å²) in [5.74, 6) is 0.656. The SMILES string of the molecule is Cc1ccc(F)c(Nc2ccnc(Nc3ccccc3)n2)c1. The molecular formula is C17H15FN4. The van der Waals surface area contributed by atoms with Crippen LogP contribution in [0.25, 0.3) is 0 Å². The van der Waals surface area contributed by atoms with E-state index in [4.69, 9.17) is 0 Å². The number of aryl methyl sites for hydroxylation is 1. The molecule has 110 valence electrons. The lowest BCUT2D eigenvalue weighted by atomic mass is 10.2. The van der Waals surface area contributed by atoms with Crippen LogP contribution < -0.4 is 10.6 Å². The first-order valence-electron chi connectivity index (χ1n) is 6.89. The largest absolute Gasteiger partial charge is 0.338 e. The smallest absolute Gasteiger partial charge is 0.229 e. The molecule has 0 saturated carbocycles. The molecule has 5 heteroatoms. The second-order valence-corrected chi connectivity index (χ2v) is 4.86. The Morgan fingerprint density at radius 1 is 0.955 bits per heavy atom. The van der Waals surface area contributed by atoms with Crippen LogP contribution in [0.4, 0.5) is 27.5 Å². The topological polar surface area (TPSA) is 49.8 Å². The summed E-state index contributed by atoms with van der Waals surface area (Å²) in [5.41, 5.74) is 2.26. The molecule has 0 fully saturated rings. The van der Waals surface area contributed by atoms with Gasteiger partial charge in [-0.15, -0.1) is 0 Å². The van der Waals surface area contributed by atoms with Crippen molar-refractivity contribution in [3.63, 3.8) is 0 Å². The van der Waals surface area contributed by atoms with Crippen LogP contribution in [0.1, 0.15) is 5.56 Å². The number of rotatable bonds is 4. The Hall–Kier alpha value is -2.95. The van der Waals surface area contributed by atoms with E-state index in [1.165, 1.54) is 6.07 Å². The van der Waals surface area contributed by atoms with Crippen LogP contribution in [0.5, 0.6) is 0 Å². The first kappa shape index (κ1) is 14.0. The van der Waals surface area contributed by atoms with Crippen molar-refractivity contribution in [3.8, 4) is 0 Å². The van der Waals surface area contributed by atoms with Gasteiger partial charge in [0.05, 0.1) is 5.69 Å². The van der Waals surface area contributed by atoms with Gasteiger partial charge in [0.2, 0.25) is 5.95 Å². The highest BCUT2D eigenvalue weighted by Crippen LogP contribution is 2.21. The fourth-order valence-corrected chi connectivity index (χ4v) is 2.01. The Morgan fingerprint density at radius 3 is 2.59 bits per heavy atom. The molecule has 0 amide bonds. The second kappa shape index (κ2) is 6.22. The van der Waals surface area contributed by atoms with Crippen LogP contribution in [0.15, 0.2) is 60.8 Å². The third-order valence-corrected chi connectivity index (χ3v) is 3.07. The van der Waals surface area contributed by atoms with E-state index in [0.717, 1.165) is 11.3 Å². The van der Waals surface area contributed by atoms with E-state index in [2.05, 4.69) is 20.6 Å². The lowest BCUT2D eigenvalue weighted by Crippen LogP contribution is -2.01. The van der Waals surface area contributed by atoms with Gasteiger partial charge in [-0.25, -0.2) is 9.37 Å². The number of nitrogens with one attached hydrogen (secondary N) is 2. The number of hydrogen-bond donors (Lipinski definition) is 2. The lowest BCUT2D eigenvalue weighted by Gasteiger charge is -2.09. The van der Waals surface area contributed by atoms with E-state index >= 15 is 0 Å². The molecule has 0 aliphatic carbocycles. The highest BCUT2D eigenvalue weighted by atomic mass is 19.1.